The van der Waals surface area contributed by atoms with Crippen LogP contribution in [0.25, 0.3) is 10.9 Å². The number of H-pyrrole nitrogens is 1. The van der Waals surface area contributed by atoms with Crippen LogP contribution in [0.3, 0.4) is 0 Å². The number of fused-ring (bicyclic) bond motifs is 1. The monoisotopic (exact) mass is 291 g/mol. The van der Waals surface area contributed by atoms with Crippen LogP contribution in [0.4, 0.5) is 0 Å². The normalized spacial score (nSPS) is 17.1. The molecule has 22 heavy (non-hydrogen) atoms. The van der Waals surface area contributed by atoms with Gasteiger partial charge in [-0.3, -0.25) is 9.88 Å². The highest BCUT2D eigenvalue weighted by Gasteiger charge is 2.21. The van der Waals surface area contributed by atoms with Gasteiger partial charge in [0.25, 0.3) is 0 Å². The number of hydrogen-bond acceptors (Lipinski definition) is 2. The molecule has 3 heteroatoms. The van der Waals surface area contributed by atoms with Gasteiger partial charge in [-0.25, -0.2) is 0 Å². The van der Waals surface area contributed by atoms with E-state index in [1.807, 2.05) is 12.3 Å². The van der Waals surface area contributed by atoms with Gasteiger partial charge in [-0.1, -0.05) is 24.3 Å². The van der Waals surface area contributed by atoms with Gasteiger partial charge in [-0.05, 0) is 49.7 Å². The van der Waals surface area contributed by atoms with Crippen molar-refractivity contribution < 1.29 is 0 Å². The van der Waals surface area contributed by atoms with E-state index in [9.17, 15) is 0 Å². The van der Waals surface area contributed by atoms with Crippen molar-refractivity contribution in [3.05, 3.63) is 66.1 Å². The van der Waals surface area contributed by atoms with Crippen LogP contribution in [0.1, 0.15) is 30.0 Å². The lowest BCUT2D eigenvalue weighted by Gasteiger charge is -2.31. The van der Waals surface area contributed by atoms with Crippen LogP contribution in [0.2, 0.25) is 0 Å². The number of nitrogens with zero attached hydrogens (tertiary/aromatic N) is 2. The Hall–Kier alpha value is -2.13. The highest BCUT2D eigenvalue weighted by atomic mass is 15.1. The van der Waals surface area contributed by atoms with Crippen molar-refractivity contribution >= 4 is 10.9 Å². The summed E-state index contributed by atoms with van der Waals surface area (Å²) < 4.78 is 0. The molecule has 1 aliphatic heterocycles. The highest BCUT2D eigenvalue weighted by Crippen LogP contribution is 2.28. The number of piperidine rings is 1. The molecule has 0 spiro atoms. The number of benzene rings is 1. The zero-order chi connectivity index (χ0) is 14.8. The molecule has 2 aromatic heterocycles. The molecule has 0 unspecified atom stereocenters. The van der Waals surface area contributed by atoms with Crippen molar-refractivity contribution in [2.24, 2.45) is 0 Å². The van der Waals surface area contributed by atoms with Gasteiger partial charge in [-0.2, -0.15) is 0 Å². The lowest BCUT2D eigenvalue weighted by atomic mass is 9.93. The molecule has 1 aliphatic rings. The molecular formula is C19H21N3. The Kier molecular flexibility index (Phi) is 3.65. The van der Waals surface area contributed by atoms with Crippen molar-refractivity contribution in [3.8, 4) is 0 Å². The molecule has 3 heterocycles. The second-order valence-electron chi connectivity index (χ2n) is 6.16. The Morgan fingerprint density at radius 1 is 1.05 bits per heavy atom. The summed E-state index contributed by atoms with van der Waals surface area (Å²) in [7, 11) is 0. The van der Waals surface area contributed by atoms with E-state index in [0.29, 0.717) is 5.92 Å². The van der Waals surface area contributed by atoms with Crippen molar-refractivity contribution in [2.75, 3.05) is 13.1 Å². The van der Waals surface area contributed by atoms with E-state index in [-0.39, 0.29) is 0 Å². The Balaban J connectivity index is 1.42. The summed E-state index contributed by atoms with van der Waals surface area (Å²) in [5, 5.41) is 1.36. The molecule has 0 radical (unpaired) electrons. The minimum Gasteiger partial charge on any atom is -0.361 e. The molecule has 3 nitrogen and oxygen atoms in total. The van der Waals surface area contributed by atoms with Gasteiger partial charge in [0.05, 0.1) is 0 Å². The SMILES string of the molecule is c1ccc(C2CCN(Cc3c[nH]c4ccccc34)CC2)nc1. The lowest BCUT2D eigenvalue weighted by Crippen LogP contribution is -2.32. The minimum absolute atomic E-state index is 0.625. The van der Waals surface area contributed by atoms with E-state index in [4.69, 9.17) is 0 Å². The molecule has 112 valence electrons. The van der Waals surface area contributed by atoms with Crippen LogP contribution in [0.15, 0.2) is 54.9 Å². The predicted octanol–water partition coefficient (Wildman–Crippen LogP) is 3.94. The topological polar surface area (TPSA) is 31.9 Å². The Bertz CT molecular complexity index is 739. The first-order chi connectivity index (χ1) is 10.9. The van der Waals surface area contributed by atoms with Gasteiger partial charge in [-0.15, -0.1) is 0 Å². The lowest BCUT2D eigenvalue weighted by molar-refractivity contribution is 0.204. The maximum absolute atomic E-state index is 4.52. The molecule has 0 atom stereocenters. The molecule has 0 amide bonds. The molecule has 4 rings (SSSR count). The quantitative estimate of drug-likeness (QED) is 0.792. The third-order valence-electron chi connectivity index (χ3n) is 4.76. The molecule has 1 N–H and O–H groups in total. The van der Waals surface area contributed by atoms with E-state index in [2.05, 4.69) is 57.5 Å². The predicted molar refractivity (Wildman–Crippen MR) is 89.8 cm³/mol. The van der Waals surface area contributed by atoms with Crippen LogP contribution >= 0.6 is 0 Å². The first-order valence-corrected chi connectivity index (χ1v) is 8.08. The second-order valence-corrected chi connectivity index (χ2v) is 6.16. The molecule has 0 saturated carbocycles. The van der Waals surface area contributed by atoms with Gasteiger partial charge >= 0.3 is 0 Å². The van der Waals surface area contributed by atoms with E-state index < -0.39 is 0 Å². The number of para-hydroxylation sites is 1. The van der Waals surface area contributed by atoms with Gasteiger partial charge < -0.3 is 4.98 Å². The summed E-state index contributed by atoms with van der Waals surface area (Å²) in [4.78, 5) is 10.5. The molecule has 1 fully saturated rings. The Morgan fingerprint density at radius 3 is 2.68 bits per heavy atom. The van der Waals surface area contributed by atoms with Crippen molar-refractivity contribution in [1.29, 1.82) is 0 Å². The van der Waals surface area contributed by atoms with Crippen molar-refractivity contribution in [3.63, 3.8) is 0 Å². The molecule has 3 aromatic rings. The van der Waals surface area contributed by atoms with E-state index >= 15 is 0 Å². The zero-order valence-electron chi connectivity index (χ0n) is 12.7. The first kappa shape index (κ1) is 13.5. The standard InChI is InChI=1S/C19H21N3/c1-2-7-19-17(5-1)16(13-21-19)14-22-11-8-15(9-12-22)18-6-3-4-10-20-18/h1-7,10,13,15,21H,8-9,11-12,14H2. The average Bonchev–Trinajstić information content (AvgIpc) is 3.00. The zero-order valence-corrected chi connectivity index (χ0v) is 12.7. The fraction of sp³-hybridized carbons (Fsp3) is 0.316. The average molecular weight is 291 g/mol. The van der Waals surface area contributed by atoms with Gasteiger partial charge in [0, 0.05) is 41.5 Å². The fourth-order valence-corrected chi connectivity index (χ4v) is 3.51. The summed E-state index contributed by atoms with van der Waals surface area (Å²) in [5.41, 5.74) is 3.90. The first-order valence-electron chi connectivity index (χ1n) is 8.08. The number of aromatic nitrogens is 2. The van der Waals surface area contributed by atoms with Crippen molar-refractivity contribution in [1.82, 2.24) is 14.9 Å². The van der Waals surface area contributed by atoms with Gasteiger partial charge in [0.2, 0.25) is 0 Å². The third-order valence-corrected chi connectivity index (χ3v) is 4.76. The van der Waals surface area contributed by atoms with Gasteiger partial charge in [0.15, 0.2) is 0 Å². The van der Waals surface area contributed by atoms with Crippen LogP contribution in [0.5, 0.6) is 0 Å². The fourth-order valence-electron chi connectivity index (χ4n) is 3.51. The number of likely N-dealkylation sites (tertiary alicyclic amines) is 1. The summed E-state index contributed by atoms with van der Waals surface area (Å²) >= 11 is 0. The smallest absolute Gasteiger partial charge is 0.0457 e. The Morgan fingerprint density at radius 2 is 1.86 bits per heavy atom. The number of rotatable bonds is 3. The third kappa shape index (κ3) is 2.64. The van der Waals surface area contributed by atoms with E-state index in [0.717, 1.165) is 19.6 Å². The van der Waals surface area contributed by atoms with Crippen LogP contribution in [-0.2, 0) is 6.54 Å². The molecular weight excluding hydrogens is 270 g/mol. The number of nitrogens with one attached hydrogen (secondary N) is 1. The van der Waals surface area contributed by atoms with E-state index in [1.54, 1.807) is 0 Å². The minimum atomic E-state index is 0.625. The summed E-state index contributed by atoms with van der Waals surface area (Å²) in [6.45, 7) is 3.35. The van der Waals surface area contributed by atoms with E-state index in [1.165, 1.54) is 35.0 Å². The summed E-state index contributed by atoms with van der Waals surface area (Å²) in [5.74, 6) is 0.625. The van der Waals surface area contributed by atoms with Crippen molar-refractivity contribution in [2.45, 2.75) is 25.3 Å². The summed E-state index contributed by atoms with van der Waals surface area (Å²) in [6.07, 6.45) is 6.49. The number of aromatic amines is 1. The maximum atomic E-state index is 4.52. The number of pyridine rings is 1. The van der Waals surface area contributed by atoms with Crippen LogP contribution in [0, 0.1) is 0 Å². The maximum Gasteiger partial charge on any atom is 0.0457 e. The Labute approximate surface area is 131 Å². The summed E-state index contributed by atoms with van der Waals surface area (Å²) in [6, 6.07) is 14.8. The molecule has 1 saturated heterocycles. The van der Waals surface area contributed by atoms with Gasteiger partial charge in [0.1, 0.15) is 0 Å². The molecule has 0 bridgehead atoms. The van der Waals surface area contributed by atoms with Crippen LogP contribution < -0.4 is 0 Å². The largest absolute Gasteiger partial charge is 0.361 e. The second kappa shape index (κ2) is 5.93. The highest BCUT2D eigenvalue weighted by molar-refractivity contribution is 5.82. The van der Waals surface area contributed by atoms with Crippen LogP contribution in [-0.4, -0.2) is 28.0 Å². The number of hydrogen-bond donors (Lipinski definition) is 1. The molecule has 0 aliphatic carbocycles. The molecule has 1 aromatic carbocycles.